The smallest absolute Gasteiger partial charge is 0.268 e. The predicted molar refractivity (Wildman–Crippen MR) is 120 cm³/mol. The van der Waals surface area contributed by atoms with Crippen LogP contribution >= 0.6 is 0 Å². The van der Waals surface area contributed by atoms with Crippen LogP contribution in [0.3, 0.4) is 0 Å². The summed E-state index contributed by atoms with van der Waals surface area (Å²) in [6.45, 7) is 2.14. The maximum Gasteiger partial charge on any atom is 0.268 e. The molecule has 5 nitrogen and oxygen atoms in total. The first-order valence-electron chi connectivity index (χ1n) is 10.2. The molecule has 154 valence electrons. The molecule has 0 fully saturated rings. The van der Waals surface area contributed by atoms with Crippen LogP contribution < -0.4 is 14.5 Å². The first-order valence-corrected chi connectivity index (χ1v) is 10.2. The van der Waals surface area contributed by atoms with E-state index in [9.17, 15) is 9.90 Å². The number of benzene rings is 3. The van der Waals surface area contributed by atoms with Crippen LogP contribution in [0.2, 0.25) is 0 Å². The highest BCUT2D eigenvalue weighted by atomic mass is 16.5. The maximum absolute atomic E-state index is 13.5. The second-order valence-electron chi connectivity index (χ2n) is 7.41. The van der Waals surface area contributed by atoms with Crippen LogP contribution in [0.4, 0.5) is 11.4 Å². The van der Waals surface area contributed by atoms with E-state index in [-0.39, 0.29) is 12.5 Å². The zero-order chi connectivity index (χ0) is 21.1. The third kappa shape index (κ3) is 3.76. The van der Waals surface area contributed by atoms with E-state index < -0.39 is 12.3 Å². The van der Waals surface area contributed by atoms with Crippen LogP contribution in [0.1, 0.15) is 13.3 Å². The molecular formula is C25H26N2O3. The van der Waals surface area contributed by atoms with Crippen LogP contribution in [0.15, 0.2) is 78.9 Å². The van der Waals surface area contributed by atoms with E-state index >= 15 is 0 Å². The minimum atomic E-state index is -0.766. The number of carbonyl (C=O) groups is 1. The number of hydrogen-bond acceptors (Lipinski definition) is 4. The number of anilines is 2. The highest BCUT2D eigenvalue weighted by Gasteiger charge is 2.34. The number of rotatable bonds is 5. The fourth-order valence-electron chi connectivity index (χ4n) is 3.81. The number of β-amino-alcohol motifs (C(OH)–C–C–N with tert-alkyl or cyclic N) is 1. The van der Waals surface area contributed by atoms with Gasteiger partial charge in [0.05, 0.1) is 17.9 Å². The molecule has 1 N–H and O–H groups in total. The number of carbonyl (C=O) groups excluding carboxylic acids is 1. The molecule has 0 saturated heterocycles. The lowest BCUT2D eigenvalue weighted by atomic mass is 10.0. The van der Waals surface area contributed by atoms with Gasteiger partial charge in [-0.25, -0.2) is 0 Å². The van der Waals surface area contributed by atoms with Crippen LogP contribution in [0.5, 0.6) is 5.75 Å². The van der Waals surface area contributed by atoms with Gasteiger partial charge in [-0.2, -0.15) is 0 Å². The second-order valence-corrected chi connectivity index (χ2v) is 7.41. The third-order valence-electron chi connectivity index (χ3n) is 5.50. The Morgan fingerprint density at radius 1 is 1.00 bits per heavy atom. The van der Waals surface area contributed by atoms with Crippen molar-refractivity contribution < 1.29 is 14.6 Å². The Kier molecular flexibility index (Phi) is 5.72. The fraction of sp³-hybridized carbons (Fsp3) is 0.240. The molecule has 1 heterocycles. The molecule has 0 aliphatic carbocycles. The lowest BCUT2D eigenvalue weighted by molar-refractivity contribution is -0.125. The van der Waals surface area contributed by atoms with Crippen molar-refractivity contribution in [2.75, 3.05) is 23.4 Å². The summed E-state index contributed by atoms with van der Waals surface area (Å²) >= 11 is 0. The molecular weight excluding hydrogens is 376 g/mol. The van der Waals surface area contributed by atoms with E-state index in [1.54, 1.807) is 9.80 Å². The molecule has 2 atom stereocenters. The summed E-state index contributed by atoms with van der Waals surface area (Å²) in [4.78, 5) is 16.9. The van der Waals surface area contributed by atoms with Gasteiger partial charge >= 0.3 is 0 Å². The first kappa shape index (κ1) is 20.0. The topological polar surface area (TPSA) is 53.0 Å². The van der Waals surface area contributed by atoms with Crippen molar-refractivity contribution in [3.8, 4) is 16.9 Å². The Balaban J connectivity index is 1.63. The first-order chi connectivity index (χ1) is 14.6. The van der Waals surface area contributed by atoms with Gasteiger partial charge in [-0.1, -0.05) is 67.6 Å². The van der Waals surface area contributed by atoms with E-state index in [1.807, 2.05) is 92.8 Å². The molecule has 4 rings (SSSR count). The van der Waals surface area contributed by atoms with Gasteiger partial charge in [-0.05, 0) is 30.2 Å². The van der Waals surface area contributed by atoms with Crippen LogP contribution in [0.25, 0.3) is 11.1 Å². The van der Waals surface area contributed by atoms with Gasteiger partial charge in [-0.3, -0.25) is 4.79 Å². The van der Waals surface area contributed by atoms with Gasteiger partial charge in [0.1, 0.15) is 12.0 Å². The predicted octanol–water partition coefficient (Wildman–Crippen LogP) is 4.31. The van der Waals surface area contributed by atoms with Crippen molar-refractivity contribution in [1.82, 2.24) is 0 Å². The molecule has 5 heteroatoms. The summed E-state index contributed by atoms with van der Waals surface area (Å²) in [5.74, 6) is 0.520. The minimum absolute atomic E-state index is 0.153. The quantitative estimate of drug-likeness (QED) is 0.691. The monoisotopic (exact) mass is 402 g/mol. The van der Waals surface area contributed by atoms with Gasteiger partial charge in [-0.15, -0.1) is 0 Å². The molecule has 3 aromatic rings. The number of nitrogens with zero attached hydrogens (tertiary/aromatic N) is 2. The van der Waals surface area contributed by atoms with E-state index in [0.29, 0.717) is 12.2 Å². The zero-order valence-electron chi connectivity index (χ0n) is 17.2. The molecule has 30 heavy (non-hydrogen) atoms. The fourth-order valence-corrected chi connectivity index (χ4v) is 3.81. The van der Waals surface area contributed by atoms with Crippen molar-refractivity contribution >= 4 is 17.3 Å². The van der Waals surface area contributed by atoms with Crippen molar-refractivity contribution in [3.05, 3.63) is 78.9 Å². The van der Waals surface area contributed by atoms with Gasteiger partial charge in [0.2, 0.25) is 0 Å². The number of aliphatic hydroxyl groups excluding tert-OH is 1. The standard InChI is InChI=1S/C25H26N2O3/c1-3-22(30-23-16-10-7-13-19(23)18-11-5-4-6-12-18)25(29)27-17-24(28)26(2)20-14-8-9-15-21(20)27/h4-16,22,24,28H,3,17H2,1-2H3. The van der Waals surface area contributed by atoms with Crippen molar-refractivity contribution in [3.63, 3.8) is 0 Å². The summed E-state index contributed by atoms with van der Waals surface area (Å²) in [7, 11) is 1.83. The van der Waals surface area contributed by atoms with E-state index in [1.165, 1.54) is 0 Å². The van der Waals surface area contributed by atoms with Gasteiger partial charge in [0.15, 0.2) is 6.10 Å². The normalized spacial score (nSPS) is 16.7. The Morgan fingerprint density at radius 3 is 2.37 bits per heavy atom. The molecule has 0 radical (unpaired) electrons. The Morgan fingerprint density at radius 2 is 1.63 bits per heavy atom. The molecule has 0 saturated carbocycles. The number of fused-ring (bicyclic) bond motifs is 1. The van der Waals surface area contributed by atoms with Crippen LogP contribution in [-0.4, -0.2) is 36.9 Å². The molecule has 0 spiro atoms. The summed E-state index contributed by atoms with van der Waals surface area (Å²) in [5.41, 5.74) is 3.59. The Hall–Kier alpha value is -3.31. The Labute approximate surface area is 177 Å². The average molecular weight is 402 g/mol. The molecule has 1 amide bonds. The molecule has 3 aromatic carbocycles. The van der Waals surface area contributed by atoms with Crippen LogP contribution in [-0.2, 0) is 4.79 Å². The lowest BCUT2D eigenvalue weighted by Gasteiger charge is -2.40. The number of ether oxygens (including phenoxy) is 1. The van der Waals surface area contributed by atoms with Crippen molar-refractivity contribution in [1.29, 1.82) is 0 Å². The summed E-state index contributed by atoms with van der Waals surface area (Å²) in [6.07, 6.45) is -0.900. The summed E-state index contributed by atoms with van der Waals surface area (Å²) in [5, 5.41) is 10.5. The Bertz CT molecular complexity index is 1020. The lowest BCUT2D eigenvalue weighted by Crippen LogP contribution is -2.52. The van der Waals surface area contributed by atoms with E-state index in [4.69, 9.17) is 4.74 Å². The number of likely N-dealkylation sites (N-methyl/N-ethyl adjacent to an activating group) is 1. The van der Waals surface area contributed by atoms with Crippen molar-refractivity contribution in [2.24, 2.45) is 0 Å². The molecule has 0 bridgehead atoms. The van der Waals surface area contributed by atoms with E-state index in [0.717, 1.165) is 22.5 Å². The second kappa shape index (κ2) is 8.59. The summed E-state index contributed by atoms with van der Waals surface area (Å²) < 4.78 is 6.25. The minimum Gasteiger partial charge on any atom is -0.480 e. The van der Waals surface area contributed by atoms with Gasteiger partial charge in [0, 0.05) is 12.6 Å². The number of para-hydroxylation sites is 3. The van der Waals surface area contributed by atoms with Crippen LogP contribution in [0, 0.1) is 0 Å². The molecule has 1 aliphatic heterocycles. The molecule has 1 aliphatic rings. The number of amides is 1. The van der Waals surface area contributed by atoms with Gasteiger partial charge < -0.3 is 19.6 Å². The maximum atomic E-state index is 13.5. The number of hydrogen-bond donors (Lipinski definition) is 1. The molecule has 2 unspecified atom stereocenters. The average Bonchev–Trinajstić information content (AvgIpc) is 2.80. The zero-order valence-corrected chi connectivity index (χ0v) is 17.2. The van der Waals surface area contributed by atoms with Crippen molar-refractivity contribution in [2.45, 2.75) is 25.7 Å². The highest BCUT2D eigenvalue weighted by Crippen LogP contribution is 2.35. The van der Waals surface area contributed by atoms with E-state index in [2.05, 4.69) is 0 Å². The molecule has 0 aromatic heterocycles. The number of aliphatic hydroxyl groups is 1. The highest BCUT2D eigenvalue weighted by molar-refractivity contribution is 6.00. The SMILES string of the molecule is CCC(Oc1ccccc1-c1ccccc1)C(=O)N1CC(O)N(C)c2ccccc21. The summed E-state index contributed by atoms with van der Waals surface area (Å²) in [6, 6.07) is 25.4. The largest absolute Gasteiger partial charge is 0.480 e. The third-order valence-corrected chi connectivity index (χ3v) is 5.50. The van der Waals surface area contributed by atoms with Gasteiger partial charge in [0.25, 0.3) is 5.91 Å².